The summed E-state index contributed by atoms with van der Waals surface area (Å²) in [6, 6.07) is 2.62. The van der Waals surface area contributed by atoms with Crippen LogP contribution in [0.3, 0.4) is 0 Å². The molecule has 3 amide bonds. The normalized spacial score (nSPS) is 14.7. The Bertz CT molecular complexity index is 1410. The summed E-state index contributed by atoms with van der Waals surface area (Å²) in [4.78, 5) is 35.4. The highest BCUT2D eigenvalue weighted by Gasteiger charge is 2.38. The molecule has 1 saturated heterocycles. The number of carbonyl (C=O) groups excluding carboxylic acids is 2. The number of benzene rings is 1. The lowest BCUT2D eigenvalue weighted by molar-refractivity contribution is -0.402. The molecule has 0 bridgehead atoms. The maximum absolute atomic E-state index is 13.1. The van der Waals surface area contributed by atoms with Crippen molar-refractivity contribution in [2.24, 2.45) is 5.10 Å². The molecule has 3 heterocycles. The summed E-state index contributed by atoms with van der Waals surface area (Å²) in [6.45, 7) is -0.482. The van der Waals surface area contributed by atoms with E-state index in [1.807, 2.05) is 0 Å². The van der Waals surface area contributed by atoms with Gasteiger partial charge in [0.05, 0.1) is 29.6 Å². The number of alkyl halides is 6. The van der Waals surface area contributed by atoms with Crippen LogP contribution in [0.5, 0.6) is 0 Å². The van der Waals surface area contributed by atoms with Crippen molar-refractivity contribution >= 4 is 24.0 Å². The number of rotatable bonds is 8. The van der Waals surface area contributed by atoms with Crippen LogP contribution in [0.15, 0.2) is 46.0 Å². The Morgan fingerprint density at radius 3 is 2.31 bits per heavy atom. The molecule has 2 aromatic heterocycles. The SMILES string of the molecule is O=C1CN(/N=C/c2ccc([N+](=O)[O-])o2)C(=O)N1CCCn1cc(-c2cc(C(F)(F)F)cc(C(F)(F)F)c2)nn1. The summed E-state index contributed by atoms with van der Waals surface area (Å²) in [6.07, 6.45) is -7.75. The highest BCUT2D eigenvalue weighted by molar-refractivity contribution is 6.02. The molecule has 0 saturated carbocycles. The standard InChI is InChI=1S/C21H15F6N7O5/c22-20(23,24)13-6-12(7-14(8-13)21(25,26)27)16-10-31(30-29-16)4-1-5-32-17(35)11-33(19(32)36)28-9-15-2-3-18(39-15)34(37)38/h2-3,6-10H,1,4-5,11H2/b28-9+. The van der Waals surface area contributed by atoms with Gasteiger partial charge >= 0.3 is 24.3 Å². The average Bonchev–Trinajstić information content (AvgIpc) is 3.57. The maximum atomic E-state index is 13.1. The molecule has 1 fully saturated rings. The van der Waals surface area contributed by atoms with Crippen molar-refractivity contribution in [2.45, 2.75) is 25.3 Å². The minimum atomic E-state index is -5.02. The van der Waals surface area contributed by atoms with Gasteiger partial charge in [0, 0.05) is 18.7 Å². The van der Waals surface area contributed by atoms with E-state index in [9.17, 15) is 46.0 Å². The van der Waals surface area contributed by atoms with E-state index < -0.39 is 58.3 Å². The minimum Gasteiger partial charge on any atom is -0.400 e. The summed E-state index contributed by atoms with van der Waals surface area (Å²) in [5.41, 5.74) is -3.67. The number of furan rings is 1. The third-order valence-corrected chi connectivity index (χ3v) is 5.35. The topological polar surface area (TPSA) is 140 Å². The van der Waals surface area contributed by atoms with Crippen LogP contribution in [0, 0.1) is 10.1 Å². The van der Waals surface area contributed by atoms with Crippen LogP contribution in [0.25, 0.3) is 11.3 Å². The number of urea groups is 1. The van der Waals surface area contributed by atoms with Crippen LogP contribution in [0.4, 0.5) is 37.0 Å². The van der Waals surface area contributed by atoms with Crippen molar-refractivity contribution in [3.63, 3.8) is 0 Å². The zero-order valence-electron chi connectivity index (χ0n) is 19.3. The largest absolute Gasteiger partial charge is 0.433 e. The summed E-state index contributed by atoms with van der Waals surface area (Å²) in [5, 5.41) is 22.6. The predicted octanol–water partition coefficient (Wildman–Crippen LogP) is 4.17. The minimum absolute atomic E-state index is 0.00375. The molecule has 39 heavy (non-hydrogen) atoms. The quantitative estimate of drug-likeness (QED) is 0.133. The Balaban J connectivity index is 1.38. The molecule has 18 heteroatoms. The Morgan fingerprint density at radius 1 is 1.05 bits per heavy atom. The summed E-state index contributed by atoms with van der Waals surface area (Å²) in [5.74, 6) is -1.15. The molecule has 0 N–H and O–H groups in total. The van der Waals surface area contributed by atoms with Gasteiger partial charge in [-0.05, 0) is 30.7 Å². The van der Waals surface area contributed by atoms with Crippen molar-refractivity contribution < 1.29 is 45.3 Å². The van der Waals surface area contributed by atoms with E-state index in [0.717, 1.165) is 33.1 Å². The monoisotopic (exact) mass is 559 g/mol. The molecular weight excluding hydrogens is 544 g/mol. The number of carbonyl (C=O) groups is 2. The van der Waals surface area contributed by atoms with E-state index in [2.05, 4.69) is 15.4 Å². The molecule has 12 nitrogen and oxygen atoms in total. The van der Waals surface area contributed by atoms with Crippen LogP contribution < -0.4 is 0 Å². The number of halogens is 6. The molecule has 1 aliphatic rings. The summed E-state index contributed by atoms with van der Waals surface area (Å²) < 4.78 is 84.7. The van der Waals surface area contributed by atoms with Crippen molar-refractivity contribution in [3.05, 3.63) is 63.5 Å². The number of aryl methyl sites for hydroxylation is 1. The smallest absolute Gasteiger partial charge is 0.400 e. The van der Waals surface area contributed by atoms with Crippen molar-refractivity contribution in [1.29, 1.82) is 0 Å². The van der Waals surface area contributed by atoms with Gasteiger partial charge in [-0.1, -0.05) is 5.21 Å². The van der Waals surface area contributed by atoms with E-state index in [1.165, 1.54) is 6.07 Å². The molecule has 1 aromatic carbocycles. The second-order valence-electron chi connectivity index (χ2n) is 8.08. The van der Waals surface area contributed by atoms with E-state index in [-0.39, 0.29) is 37.0 Å². The number of aromatic nitrogens is 3. The van der Waals surface area contributed by atoms with Gasteiger partial charge in [-0.15, -0.1) is 5.10 Å². The van der Waals surface area contributed by atoms with Crippen LogP contribution in [0.2, 0.25) is 0 Å². The molecule has 206 valence electrons. The molecule has 0 aliphatic carbocycles. The lowest BCUT2D eigenvalue weighted by Crippen LogP contribution is -2.32. The molecule has 0 unspecified atom stereocenters. The van der Waals surface area contributed by atoms with Gasteiger partial charge in [0.1, 0.15) is 17.2 Å². The Hall–Kier alpha value is -4.77. The van der Waals surface area contributed by atoms with Crippen molar-refractivity contribution in [1.82, 2.24) is 24.9 Å². The van der Waals surface area contributed by atoms with E-state index in [4.69, 9.17) is 4.42 Å². The molecule has 0 radical (unpaired) electrons. The Morgan fingerprint density at radius 2 is 1.72 bits per heavy atom. The Kier molecular flexibility index (Phi) is 7.12. The number of hydrogen-bond donors (Lipinski definition) is 0. The van der Waals surface area contributed by atoms with Crippen LogP contribution >= 0.6 is 0 Å². The zero-order chi connectivity index (χ0) is 28.5. The number of hydrogen-bond acceptors (Lipinski definition) is 8. The first kappa shape index (κ1) is 27.3. The third kappa shape index (κ3) is 6.21. The molecule has 0 atom stereocenters. The third-order valence-electron chi connectivity index (χ3n) is 5.35. The van der Waals surface area contributed by atoms with Crippen LogP contribution in [-0.4, -0.2) is 61.1 Å². The average molecular weight is 559 g/mol. The second-order valence-corrected chi connectivity index (χ2v) is 8.08. The Labute approximate surface area is 213 Å². The fraction of sp³-hybridized carbons (Fsp3) is 0.286. The highest BCUT2D eigenvalue weighted by Crippen LogP contribution is 2.38. The first-order valence-corrected chi connectivity index (χ1v) is 10.8. The molecule has 1 aliphatic heterocycles. The van der Waals surface area contributed by atoms with Crippen molar-refractivity contribution in [3.8, 4) is 11.3 Å². The van der Waals surface area contributed by atoms with Gasteiger partial charge in [0.2, 0.25) is 0 Å². The summed E-state index contributed by atoms with van der Waals surface area (Å²) >= 11 is 0. The lowest BCUT2D eigenvalue weighted by Gasteiger charge is -2.13. The van der Waals surface area contributed by atoms with Gasteiger partial charge in [0.25, 0.3) is 5.91 Å². The fourth-order valence-corrected chi connectivity index (χ4v) is 3.51. The van der Waals surface area contributed by atoms with Gasteiger partial charge in [-0.25, -0.2) is 9.80 Å². The van der Waals surface area contributed by atoms with E-state index in [0.29, 0.717) is 12.1 Å². The summed E-state index contributed by atoms with van der Waals surface area (Å²) in [7, 11) is 0. The molecular formula is C21H15F6N7O5. The van der Waals surface area contributed by atoms with E-state index in [1.54, 1.807) is 0 Å². The van der Waals surface area contributed by atoms with Gasteiger partial charge in [-0.2, -0.15) is 31.4 Å². The van der Waals surface area contributed by atoms with Crippen LogP contribution in [-0.2, 0) is 23.7 Å². The lowest BCUT2D eigenvalue weighted by atomic mass is 10.0. The first-order chi connectivity index (χ1) is 18.2. The van der Waals surface area contributed by atoms with Gasteiger partial charge in [0.15, 0.2) is 5.76 Å². The molecule has 4 rings (SSSR count). The number of nitrogens with zero attached hydrogens (tertiary/aromatic N) is 7. The number of amides is 3. The molecule has 0 spiro atoms. The maximum Gasteiger partial charge on any atom is 0.433 e. The van der Waals surface area contributed by atoms with Crippen molar-refractivity contribution in [2.75, 3.05) is 13.1 Å². The predicted molar refractivity (Wildman–Crippen MR) is 117 cm³/mol. The zero-order valence-corrected chi connectivity index (χ0v) is 19.3. The second kappa shape index (κ2) is 10.2. The number of hydrazone groups is 1. The molecule has 3 aromatic rings. The first-order valence-electron chi connectivity index (χ1n) is 10.8. The number of nitro groups is 1. The highest BCUT2D eigenvalue weighted by atomic mass is 19.4. The van der Waals surface area contributed by atoms with Crippen LogP contribution in [0.1, 0.15) is 23.3 Å². The fourth-order valence-electron chi connectivity index (χ4n) is 3.51. The van der Waals surface area contributed by atoms with E-state index >= 15 is 0 Å². The van der Waals surface area contributed by atoms with Gasteiger partial charge < -0.3 is 4.42 Å². The number of imide groups is 1. The van der Waals surface area contributed by atoms with Gasteiger partial charge in [-0.3, -0.25) is 24.5 Å².